The van der Waals surface area contributed by atoms with Crippen molar-refractivity contribution in [1.29, 1.82) is 0 Å². The van der Waals surface area contributed by atoms with Crippen LogP contribution in [0.1, 0.15) is 25.7 Å². The molecule has 1 saturated heterocycles. The van der Waals surface area contributed by atoms with Gasteiger partial charge < -0.3 is 10.4 Å². The van der Waals surface area contributed by atoms with Crippen LogP contribution in [0.2, 0.25) is 0 Å². The molecule has 1 saturated carbocycles. The summed E-state index contributed by atoms with van der Waals surface area (Å²) in [4.78, 5) is 0. The largest absolute Gasteiger partial charge is 0.396 e. The topological polar surface area (TPSA) is 32.3 Å². The number of aliphatic hydroxyl groups excluding tert-OH is 1. The minimum atomic E-state index is 0.281. The highest BCUT2D eigenvalue weighted by Crippen LogP contribution is 2.39. The highest BCUT2D eigenvalue weighted by Gasteiger charge is 2.40. The molecule has 2 nitrogen and oxygen atoms in total. The van der Waals surface area contributed by atoms with Crippen molar-refractivity contribution in [2.45, 2.75) is 31.7 Å². The fraction of sp³-hybridized carbons (Fsp3) is 1.00. The van der Waals surface area contributed by atoms with Gasteiger partial charge in [-0.3, -0.25) is 0 Å². The Morgan fingerprint density at radius 2 is 2.50 bits per heavy atom. The van der Waals surface area contributed by atoms with E-state index in [0.29, 0.717) is 6.61 Å². The van der Waals surface area contributed by atoms with Crippen LogP contribution in [0.4, 0.5) is 0 Å². The van der Waals surface area contributed by atoms with Gasteiger partial charge in [0.05, 0.1) is 0 Å². The minimum absolute atomic E-state index is 0.281. The van der Waals surface area contributed by atoms with Crippen LogP contribution in [0.25, 0.3) is 0 Å². The first-order chi connectivity index (χ1) is 4.85. The summed E-state index contributed by atoms with van der Waals surface area (Å²) < 4.78 is 0. The van der Waals surface area contributed by atoms with Gasteiger partial charge in [-0.25, -0.2) is 0 Å². The van der Waals surface area contributed by atoms with Crippen molar-refractivity contribution < 1.29 is 5.11 Å². The third-order valence-electron chi connectivity index (χ3n) is 3.04. The van der Waals surface area contributed by atoms with E-state index in [1.807, 2.05) is 0 Å². The zero-order valence-corrected chi connectivity index (χ0v) is 6.27. The van der Waals surface area contributed by atoms with Gasteiger partial charge in [0, 0.05) is 24.6 Å². The van der Waals surface area contributed by atoms with Gasteiger partial charge in [-0.1, -0.05) is 6.42 Å². The number of nitrogens with one attached hydrogen (secondary N) is 1. The zero-order valence-electron chi connectivity index (χ0n) is 6.27. The molecule has 58 valence electrons. The fourth-order valence-corrected chi connectivity index (χ4v) is 2.35. The first kappa shape index (κ1) is 6.62. The molecule has 10 heavy (non-hydrogen) atoms. The smallest absolute Gasteiger partial charge is 0.0500 e. The molecule has 0 aromatic carbocycles. The second-order valence-electron chi connectivity index (χ2n) is 3.83. The van der Waals surface area contributed by atoms with E-state index < -0.39 is 0 Å². The molecule has 2 atom stereocenters. The maximum absolute atomic E-state index is 9.13. The molecule has 0 spiro atoms. The second kappa shape index (κ2) is 2.21. The lowest BCUT2D eigenvalue weighted by Crippen LogP contribution is -2.28. The van der Waals surface area contributed by atoms with E-state index in [-0.39, 0.29) is 5.41 Å². The van der Waals surface area contributed by atoms with Crippen molar-refractivity contribution in [2.24, 2.45) is 5.41 Å². The van der Waals surface area contributed by atoms with Crippen molar-refractivity contribution >= 4 is 0 Å². The van der Waals surface area contributed by atoms with Crippen LogP contribution < -0.4 is 5.32 Å². The van der Waals surface area contributed by atoms with Crippen LogP contribution in [-0.2, 0) is 0 Å². The molecule has 2 N–H and O–H groups in total. The van der Waals surface area contributed by atoms with E-state index in [1.165, 1.54) is 25.7 Å². The molecule has 1 aliphatic carbocycles. The molecule has 2 aliphatic rings. The fourth-order valence-electron chi connectivity index (χ4n) is 2.35. The Labute approximate surface area is 61.6 Å². The molecular formula is C8H15NO. The van der Waals surface area contributed by atoms with Gasteiger partial charge in [0.1, 0.15) is 0 Å². The Bertz CT molecular complexity index is 133. The molecule has 2 fully saturated rings. The van der Waals surface area contributed by atoms with Gasteiger partial charge in [-0.05, 0) is 19.3 Å². The third-order valence-corrected chi connectivity index (χ3v) is 3.04. The number of hydrogen-bond donors (Lipinski definition) is 2. The summed E-state index contributed by atoms with van der Waals surface area (Å²) in [6, 6.07) is 0.723. The van der Waals surface area contributed by atoms with Crippen LogP contribution >= 0.6 is 0 Å². The van der Waals surface area contributed by atoms with E-state index >= 15 is 0 Å². The predicted octanol–water partition coefficient (Wildman–Crippen LogP) is 0.511. The van der Waals surface area contributed by atoms with Gasteiger partial charge in [0.15, 0.2) is 0 Å². The summed E-state index contributed by atoms with van der Waals surface area (Å²) >= 11 is 0. The van der Waals surface area contributed by atoms with Gasteiger partial charge in [-0.15, -0.1) is 0 Å². The van der Waals surface area contributed by atoms with Crippen LogP contribution in [0.15, 0.2) is 0 Å². The highest BCUT2D eigenvalue weighted by atomic mass is 16.3. The summed E-state index contributed by atoms with van der Waals surface area (Å²) in [6.45, 7) is 1.44. The van der Waals surface area contributed by atoms with Crippen LogP contribution in [0.5, 0.6) is 0 Å². The van der Waals surface area contributed by atoms with E-state index in [0.717, 1.165) is 12.6 Å². The SMILES string of the molecule is OCC12CCCC(C1)NC2. The molecule has 1 heterocycles. The van der Waals surface area contributed by atoms with E-state index in [4.69, 9.17) is 5.11 Å². The Morgan fingerprint density at radius 1 is 1.60 bits per heavy atom. The summed E-state index contributed by atoms with van der Waals surface area (Å²) in [7, 11) is 0. The first-order valence-electron chi connectivity index (χ1n) is 4.19. The Morgan fingerprint density at radius 3 is 3.20 bits per heavy atom. The van der Waals surface area contributed by atoms with Crippen LogP contribution in [0, 0.1) is 5.41 Å². The van der Waals surface area contributed by atoms with E-state index in [2.05, 4.69) is 5.32 Å². The van der Waals surface area contributed by atoms with Gasteiger partial charge in [0.25, 0.3) is 0 Å². The quantitative estimate of drug-likeness (QED) is 0.557. The van der Waals surface area contributed by atoms with Gasteiger partial charge in [-0.2, -0.15) is 0 Å². The van der Waals surface area contributed by atoms with Gasteiger partial charge >= 0.3 is 0 Å². The standard InChI is InChI=1S/C8H15NO/c10-6-8-3-1-2-7(4-8)9-5-8/h7,9-10H,1-6H2. The molecule has 0 radical (unpaired) electrons. The van der Waals surface area contributed by atoms with Crippen molar-refractivity contribution in [3.63, 3.8) is 0 Å². The Kier molecular flexibility index (Phi) is 1.46. The molecular weight excluding hydrogens is 126 g/mol. The molecule has 2 unspecified atom stereocenters. The van der Waals surface area contributed by atoms with E-state index in [9.17, 15) is 0 Å². The number of hydrogen-bond acceptors (Lipinski definition) is 2. The number of rotatable bonds is 1. The maximum atomic E-state index is 9.13. The molecule has 0 amide bonds. The molecule has 2 bridgehead atoms. The number of fused-ring (bicyclic) bond motifs is 2. The highest BCUT2D eigenvalue weighted by molar-refractivity contribution is 4.96. The van der Waals surface area contributed by atoms with Crippen LogP contribution in [0.3, 0.4) is 0 Å². The molecule has 0 aromatic rings. The molecule has 0 aromatic heterocycles. The summed E-state index contributed by atoms with van der Waals surface area (Å²) in [5.41, 5.74) is 0.281. The lowest BCUT2D eigenvalue weighted by atomic mass is 9.76. The zero-order chi connectivity index (χ0) is 7.03. The van der Waals surface area contributed by atoms with Crippen molar-refractivity contribution in [1.82, 2.24) is 5.32 Å². The Hall–Kier alpha value is -0.0800. The minimum Gasteiger partial charge on any atom is -0.396 e. The van der Waals surface area contributed by atoms with E-state index in [1.54, 1.807) is 0 Å². The van der Waals surface area contributed by atoms with Crippen molar-refractivity contribution in [3.8, 4) is 0 Å². The van der Waals surface area contributed by atoms with Crippen molar-refractivity contribution in [2.75, 3.05) is 13.2 Å². The average molecular weight is 141 g/mol. The second-order valence-corrected chi connectivity index (χ2v) is 3.83. The van der Waals surface area contributed by atoms with Crippen LogP contribution in [-0.4, -0.2) is 24.3 Å². The summed E-state index contributed by atoms with van der Waals surface area (Å²) in [5.74, 6) is 0. The first-order valence-corrected chi connectivity index (χ1v) is 4.19. The summed E-state index contributed by atoms with van der Waals surface area (Å²) in [6.07, 6.45) is 5.07. The summed E-state index contributed by atoms with van der Waals surface area (Å²) in [5, 5.41) is 12.6. The molecule has 2 rings (SSSR count). The number of aliphatic hydroxyl groups is 1. The van der Waals surface area contributed by atoms with Gasteiger partial charge in [0.2, 0.25) is 0 Å². The Balaban J connectivity index is 2.10. The normalized spacial score (nSPS) is 45.9. The molecule has 2 heteroatoms. The van der Waals surface area contributed by atoms with Crippen molar-refractivity contribution in [3.05, 3.63) is 0 Å². The molecule has 1 aliphatic heterocycles. The monoisotopic (exact) mass is 141 g/mol. The third kappa shape index (κ3) is 0.867. The lowest BCUT2D eigenvalue weighted by molar-refractivity contribution is 0.116. The average Bonchev–Trinajstić information content (AvgIpc) is 2.29. The maximum Gasteiger partial charge on any atom is 0.0500 e. The predicted molar refractivity (Wildman–Crippen MR) is 39.8 cm³/mol. The lowest BCUT2D eigenvalue weighted by Gasteiger charge is -2.29.